The summed E-state index contributed by atoms with van der Waals surface area (Å²) in [6.45, 7) is 13.3. The predicted octanol–water partition coefficient (Wildman–Crippen LogP) is 4.69. The van der Waals surface area contributed by atoms with E-state index < -0.39 is 0 Å². The molecule has 0 unspecified atom stereocenters. The molecule has 30 heavy (non-hydrogen) atoms. The highest BCUT2D eigenvalue weighted by atomic mass is 127. The number of carbonyl (C=O) groups is 1. The summed E-state index contributed by atoms with van der Waals surface area (Å²) in [7, 11) is 1.81. The average molecular weight is 529 g/mol. The molecule has 2 N–H and O–H groups in total. The molecule has 5 nitrogen and oxygen atoms in total. The molecule has 0 spiro atoms. The number of guanidine groups is 1. The average Bonchev–Trinajstić information content (AvgIpc) is 2.72. The van der Waals surface area contributed by atoms with Crippen LogP contribution in [0.1, 0.15) is 71.4 Å². The van der Waals surface area contributed by atoms with Crippen LogP contribution in [0.15, 0.2) is 29.3 Å². The number of piperidine rings is 1. The van der Waals surface area contributed by atoms with E-state index in [4.69, 9.17) is 0 Å². The van der Waals surface area contributed by atoms with Crippen molar-refractivity contribution in [3.63, 3.8) is 0 Å². The SMILES string of the molecule is CCC(CC)C(=O)N1CCC(NC(=NC)NCc2ccc(C(C)(C)C)cc2)CC1.I. The number of aliphatic imine (C=N–C) groups is 1. The lowest BCUT2D eigenvalue weighted by Crippen LogP contribution is -2.50. The Morgan fingerprint density at radius 3 is 2.17 bits per heavy atom. The van der Waals surface area contributed by atoms with Crippen molar-refractivity contribution in [1.82, 2.24) is 15.5 Å². The van der Waals surface area contributed by atoms with Gasteiger partial charge in [0.15, 0.2) is 5.96 Å². The monoisotopic (exact) mass is 528 g/mol. The number of likely N-dealkylation sites (tertiary alicyclic amines) is 1. The first-order chi connectivity index (χ1) is 13.8. The molecule has 1 aromatic rings. The molecule has 0 radical (unpaired) electrons. The summed E-state index contributed by atoms with van der Waals surface area (Å²) in [4.78, 5) is 19.0. The predicted molar refractivity (Wildman–Crippen MR) is 138 cm³/mol. The Balaban J connectivity index is 0.00000450. The molecule has 0 aromatic heterocycles. The second-order valence-corrected chi connectivity index (χ2v) is 9.13. The molecule has 170 valence electrons. The van der Waals surface area contributed by atoms with Crippen LogP contribution < -0.4 is 10.6 Å². The van der Waals surface area contributed by atoms with Gasteiger partial charge in [0.25, 0.3) is 0 Å². The van der Waals surface area contributed by atoms with Crippen LogP contribution in [0, 0.1) is 5.92 Å². The first-order valence-corrected chi connectivity index (χ1v) is 11.1. The Morgan fingerprint density at radius 2 is 1.70 bits per heavy atom. The zero-order chi connectivity index (χ0) is 21.4. The van der Waals surface area contributed by atoms with Gasteiger partial charge in [-0.3, -0.25) is 9.79 Å². The van der Waals surface area contributed by atoms with Crippen molar-refractivity contribution in [2.75, 3.05) is 20.1 Å². The van der Waals surface area contributed by atoms with Gasteiger partial charge in [0.2, 0.25) is 5.91 Å². The largest absolute Gasteiger partial charge is 0.354 e. The van der Waals surface area contributed by atoms with E-state index in [1.807, 2.05) is 11.9 Å². The van der Waals surface area contributed by atoms with E-state index in [0.717, 1.165) is 51.3 Å². The van der Waals surface area contributed by atoms with Crippen molar-refractivity contribution in [1.29, 1.82) is 0 Å². The molecule has 1 amide bonds. The van der Waals surface area contributed by atoms with E-state index in [2.05, 4.69) is 74.5 Å². The van der Waals surface area contributed by atoms with E-state index in [0.29, 0.717) is 11.9 Å². The van der Waals surface area contributed by atoms with E-state index in [1.165, 1.54) is 11.1 Å². The minimum atomic E-state index is 0. The third-order valence-corrected chi connectivity index (χ3v) is 5.99. The molecule has 0 bridgehead atoms. The molecule has 1 aliphatic heterocycles. The minimum absolute atomic E-state index is 0. The quantitative estimate of drug-likeness (QED) is 0.320. The van der Waals surface area contributed by atoms with E-state index in [9.17, 15) is 4.79 Å². The number of hydrogen-bond donors (Lipinski definition) is 2. The van der Waals surface area contributed by atoms with E-state index in [-0.39, 0.29) is 35.3 Å². The van der Waals surface area contributed by atoms with Crippen molar-refractivity contribution >= 4 is 35.8 Å². The fourth-order valence-corrected chi connectivity index (χ4v) is 3.84. The molecule has 1 fully saturated rings. The van der Waals surface area contributed by atoms with Gasteiger partial charge >= 0.3 is 0 Å². The lowest BCUT2D eigenvalue weighted by molar-refractivity contribution is -0.136. The van der Waals surface area contributed by atoms with Crippen molar-refractivity contribution in [3.05, 3.63) is 35.4 Å². The summed E-state index contributed by atoms with van der Waals surface area (Å²) in [6, 6.07) is 9.14. The van der Waals surface area contributed by atoms with Crippen LogP contribution >= 0.6 is 24.0 Å². The summed E-state index contributed by atoms with van der Waals surface area (Å²) < 4.78 is 0. The zero-order valence-electron chi connectivity index (χ0n) is 19.6. The van der Waals surface area contributed by atoms with Gasteiger partial charge in [-0.05, 0) is 42.2 Å². The molecule has 6 heteroatoms. The molecular formula is C24H41IN4O. The maximum absolute atomic E-state index is 12.6. The number of nitrogens with zero attached hydrogens (tertiary/aromatic N) is 2. The van der Waals surface area contributed by atoms with Gasteiger partial charge in [-0.2, -0.15) is 0 Å². The maximum Gasteiger partial charge on any atom is 0.225 e. The topological polar surface area (TPSA) is 56.7 Å². The first kappa shape index (κ1) is 26.7. The highest BCUT2D eigenvalue weighted by Crippen LogP contribution is 2.22. The maximum atomic E-state index is 12.6. The second kappa shape index (κ2) is 12.5. The molecule has 0 aliphatic carbocycles. The Hall–Kier alpha value is -1.31. The Bertz CT molecular complexity index is 669. The summed E-state index contributed by atoms with van der Waals surface area (Å²) in [5.74, 6) is 1.34. The number of hydrogen-bond acceptors (Lipinski definition) is 2. The van der Waals surface area contributed by atoms with Crippen molar-refractivity contribution < 1.29 is 4.79 Å². The number of nitrogens with one attached hydrogen (secondary N) is 2. The van der Waals surface area contributed by atoms with Crippen molar-refractivity contribution in [2.45, 2.75) is 78.3 Å². The minimum Gasteiger partial charge on any atom is -0.354 e. The Morgan fingerprint density at radius 1 is 1.13 bits per heavy atom. The highest BCUT2D eigenvalue weighted by molar-refractivity contribution is 14.0. The summed E-state index contributed by atoms with van der Waals surface area (Å²) in [5.41, 5.74) is 2.76. The van der Waals surface area contributed by atoms with Crippen LogP contribution in [0.2, 0.25) is 0 Å². The highest BCUT2D eigenvalue weighted by Gasteiger charge is 2.26. The Kier molecular flexibility index (Phi) is 11.2. The van der Waals surface area contributed by atoms with Crippen molar-refractivity contribution in [2.24, 2.45) is 10.9 Å². The Labute approximate surface area is 200 Å². The number of amides is 1. The van der Waals surface area contributed by atoms with Crippen molar-refractivity contribution in [3.8, 4) is 0 Å². The van der Waals surface area contributed by atoms with Crippen LogP contribution in [-0.4, -0.2) is 42.9 Å². The van der Waals surface area contributed by atoms with Crippen LogP contribution in [0.3, 0.4) is 0 Å². The smallest absolute Gasteiger partial charge is 0.225 e. The van der Waals surface area contributed by atoms with E-state index in [1.54, 1.807) is 0 Å². The van der Waals surface area contributed by atoms with Gasteiger partial charge in [-0.1, -0.05) is 58.9 Å². The lowest BCUT2D eigenvalue weighted by Gasteiger charge is -2.34. The summed E-state index contributed by atoms with van der Waals surface area (Å²) in [5, 5.41) is 6.95. The summed E-state index contributed by atoms with van der Waals surface area (Å²) >= 11 is 0. The third kappa shape index (κ3) is 7.75. The van der Waals surface area contributed by atoms with Gasteiger partial charge in [-0.15, -0.1) is 24.0 Å². The standard InChI is InChI=1S/C24H40N4O.HI/c1-7-19(8-2)22(29)28-15-13-21(14-16-28)27-23(25-6)26-17-18-9-11-20(12-10-18)24(3,4)5;/h9-12,19,21H,7-8,13-17H2,1-6H3,(H2,25,26,27);1H. The lowest BCUT2D eigenvalue weighted by atomic mass is 9.87. The molecule has 1 saturated heterocycles. The van der Waals surface area contributed by atoms with Gasteiger partial charge in [0.1, 0.15) is 0 Å². The van der Waals surface area contributed by atoms with Crippen LogP contribution in [0.5, 0.6) is 0 Å². The molecule has 1 aliphatic rings. The third-order valence-electron chi connectivity index (χ3n) is 5.99. The number of halogens is 1. The normalized spacial score (nSPS) is 15.7. The molecule has 1 heterocycles. The van der Waals surface area contributed by atoms with Crippen LogP contribution in [0.4, 0.5) is 0 Å². The van der Waals surface area contributed by atoms with E-state index >= 15 is 0 Å². The van der Waals surface area contributed by atoms with Crippen LogP contribution in [-0.2, 0) is 16.8 Å². The number of rotatable bonds is 6. The van der Waals surface area contributed by atoms with Gasteiger partial charge in [0.05, 0.1) is 0 Å². The number of carbonyl (C=O) groups excluding carboxylic acids is 1. The zero-order valence-corrected chi connectivity index (χ0v) is 22.0. The fraction of sp³-hybridized carbons (Fsp3) is 0.667. The fourth-order valence-electron chi connectivity index (χ4n) is 3.84. The first-order valence-electron chi connectivity index (χ1n) is 11.1. The summed E-state index contributed by atoms with van der Waals surface area (Å²) in [6.07, 6.45) is 3.79. The number of benzene rings is 1. The molecule has 2 rings (SSSR count). The molecule has 0 saturated carbocycles. The van der Waals surface area contributed by atoms with Gasteiger partial charge < -0.3 is 15.5 Å². The second-order valence-electron chi connectivity index (χ2n) is 9.13. The molecular weight excluding hydrogens is 487 g/mol. The van der Waals surface area contributed by atoms with Gasteiger partial charge in [0, 0.05) is 38.6 Å². The molecule has 0 atom stereocenters. The molecule has 1 aromatic carbocycles. The van der Waals surface area contributed by atoms with Crippen LogP contribution in [0.25, 0.3) is 0 Å². The van der Waals surface area contributed by atoms with Gasteiger partial charge in [-0.25, -0.2) is 0 Å².